The second kappa shape index (κ2) is 11.6. The molecule has 2 saturated carbocycles. The highest BCUT2D eigenvalue weighted by atomic mass is 31.2. The zero-order valence-electron chi connectivity index (χ0n) is 23.5. The topological polar surface area (TPSA) is 12.0 Å². The maximum Gasteiger partial charge on any atom is 0.0853 e. The van der Waals surface area contributed by atoms with Crippen molar-refractivity contribution in [2.45, 2.75) is 99.9 Å². The van der Waals surface area contributed by atoms with Gasteiger partial charge in [0.05, 0.1) is 28.6 Å². The van der Waals surface area contributed by atoms with Crippen molar-refractivity contribution < 1.29 is 0 Å². The van der Waals surface area contributed by atoms with Crippen LogP contribution in [-0.2, 0) is 5.41 Å². The summed E-state index contributed by atoms with van der Waals surface area (Å²) in [5.74, 6) is 0. The SMILES string of the molecule is C[C@H]1C(c2ccccc2)(c2ccccc2)c2ccccc2NCCC[P+]1(C1CCCCC1)C1CCCCC1. The summed E-state index contributed by atoms with van der Waals surface area (Å²) >= 11 is 0. The molecule has 0 aromatic heterocycles. The third-order valence-corrected chi connectivity index (χ3v) is 17.4. The second-order valence-electron chi connectivity index (χ2n) is 12.3. The van der Waals surface area contributed by atoms with E-state index < -0.39 is 7.26 Å². The predicted octanol–water partition coefficient (Wildman–Crippen LogP) is 9.91. The molecule has 1 atom stereocenters. The van der Waals surface area contributed by atoms with Gasteiger partial charge in [-0.05, 0) is 87.5 Å². The first kappa shape index (κ1) is 26.1. The Kier molecular flexibility index (Phi) is 7.95. The molecule has 3 aliphatic rings. The fraction of sp³-hybridized carbons (Fsp3) is 0.500. The third-order valence-electron chi connectivity index (χ3n) is 10.7. The fourth-order valence-corrected chi connectivity index (χ4v) is 16.6. The second-order valence-corrected chi connectivity index (χ2v) is 17.0. The average molecular weight is 525 g/mol. The van der Waals surface area contributed by atoms with Crippen molar-refractivity contribution in [3.8, 4) is 0 Å². The van der Waals surface area contributed by atoms with Gasteiger partial charge in [0.2, 0.25) is 0 Å². The molecule has 3 aromatic carbocycles. The lowest BCUT2D eigenvalue weighted by Crippen LogP contribution is -2.48. The highest BCUT2D eigenvalue weighted by Gasteiger charge is 2.63. The highest BCUT2D eigenvalue weighted by Crippen LogP contribution is 2.79. The smallest absolute Gasteiger partial charge is 0.0853 e. The molecule has 3 aromatic rings. The number of nitrogens with one attached hydrogen (secondary N) is 1. The van der Waals surface area contributed by atoms with E-state index in [0.29, 0.717) is 5.66 Å². The lowest BCUT2D eigenvalue weighted by Gasteiger charge is -2.53. The van der Waals surface area contributed by atoms with Crippen molar-refractivity contribution in [2.75, 3.05) is 18.0 Å². The van der Waals surface area contributed by atoms with Crippen LogP contribution in [0.5, 0.6) is 0 Å². The molecule has 0 spiro atoms. The molecule has 2 heteroatoms. The molecule has 1 nitrogen and oxygen atoms in total. The number of hydrogen-bond acceptors (Lipinski definition) is 1. The van der Waals surface area contributed by atoms with Crippen LogP contribution in [0.2, 0.25) is 0 Å². The molecule has 0 unspecified atom stereocenters. The Morgan fingerprint density at radius 3 is 1.66 bits per heavy atom. The van der Waals surface area contributed by atoms with Crippen LogP contribution in [0, 0.1) is 0 Å². The van der Waals surface area contributed by atoms with Gasteiger partial charge in [-0.1, -0.05) is 91.7 Å². The minimum Gasteiger partial charge on any atom is -0.385 e. The quantitative estimate of drug-likeness (QED) is 0.335. The van der Waals surface area contributed by atoms with Gasteiger partial charge in [-0.3, -0.25) is 0 Å². The molecule has 38 heavy (non-hydrogen) atoms. The van der Waals surface area contributed by atoms with E-state index in [9.17, 15) is 0 Å². The first-order chi connectivity index (χ1) is 18.8. The maximum absolute atomic E-state index is 3.98. The van der Waals surface area contributed by atoms with Gasteiger partial charge < -0.3 is 5.32 Å². The number of rotatable bonds is 4. The van der Waals surface area contributed by atoms with Gasteiger partial charge >= 0.3 is 0 Å². The standard InChI is InChI=1S/C36H47NP/c1-29-36(30-17-6-2-7-18-30,31-19-8-3-9-20-31)34-25-14-15-26-35(34)37-27-16-28-38(29,32-21-10-4-11-22-32)33-23-12-5-13-24-33/h2-3,6-9,14-15,17-20,25-26,29,32-33,37H,4-5,10-13,16,21-24,27-28H2,1H3/q+1/t29-/m0/s1. The van der Waals surface area contributed by atoms with E-state index in [1.165, 1.54) is 99.2 Å². The van der Waals surface area contributed by atoms with Gasteiger partial charge in [0, 0.05) is 19.5 Å². The van der Waals surface area contributed by atoms with Crippen LogP contribution in [0.3, 0.4) is 0 Å². The van der Waals surface area contributed by atoms with Gasteiger partial charge in [0.1, 0.15) is 0 Å². The summed E-state index contributed by atoms with van der Waals surface area (Å²) in [6, 6.07) is 32.7. The van der Waals surface area contributed by atoms with E-state index in [4.69, 9.17) is 0 Å². The molecule has 2 aliphatic carbocycles. The molecule has 0 bridgehead atoms. The number of para-hydroxylation sites is 1. The van der Waals surface area contributed by atoms with Crippen molar-refractivity contribution in [1.82, 2.24) is 0 Å². The van der Waals surface area contributed by atoms with E-state index in [1.807, 2.05) is 0 Å². The first-order valence-corrected chi connectivity index (χ1v) is 17.8. The number of hydrogen-bond donors (Lipinski definition) is 1. The lowest BCUT2D eigenvalue weighted by molar-refractivity contribution is 0.463. The van der Waals surface area contributed by atoms with E-state index in [0.717, 1.165) is 17.9 Å². The molecule has 0 saturated heterocycles. The predicted molar refractivity (Wildman–Crippen MR) is 167 cm³/mol. The fourth-order valence-electron chi connectivity index (χ4n) is 9.12. The Morgan fingerprint density at radius 1 is 0.605 bits per heavy atom. The average Bonchev–Trinajstić information content (AvgIpc) is 3.05. The Balaban J connectivity index is 1.68. The van der Waals surface area contributed by atoms with E-state index in [1.54, 1.807) is 0 Å². The van der Waals surface area contributed by atoms with Gasteiger partial charge in [0.15, 0.2) is 0 Å². The zero-order valence-corrected chi connectivity index (χ0v) is 24.3. The van der Waals surface area contributed by atoms with Crippen LogP contribution in [-0.4, -0.2) is 29.7 Å². The van der Waals surface area contributed by atoms with Crippen molar-refractivity contribution in [2.24, 2.45) is 0 Å². The van der Waals surface area contributed by atoms with E-state index >= 15 is 0 Å². The summed E-state index contributed by atoms with van der Waals surface area (Å²) in [5.41, 5.74) is 8.16. The summed E-state index contributed by atoms with van der Waals surface area (Å²) in [4.78, 5) is 0. The maximum atomic E-state index is 3.98. The van der Waals surface area contributed by atoms with Crippen LogP contribution < -0.4 is 5.32 Å². The van der Waals surface area contributed by atoms with Crippen molar-refractivity contribution in [3.63, 3.8) is 0 Å². The third kappa shape index (κ3) is 4.44. The first-order valence-electron chi connectivity index (χ1n) is 15.6. The van der Waals surface area contributed by atoms with E-state index in [-0.39, 0.29) is 5.41 Å². The molecular weight excluding hydrogens is 477 g/mol. The van der Waals surface area contributed by atoms with Crippen LogP contribution >= 0.6 is 7.26 Å². The molecule has 1 aliphatic heterocycles. The molecule has 6 rings (SSSR count). The molecule has 200 valence electrons. The van der Waals surface area contributed by atoms with Gasteiger partial charge in [-0.2, -0.15) is 0 Å². The molecule has 2 fully saturated rings. The molecule has 0 radical (unpaired) electrons. The van der Waals surface area contributed by atoms with Gasteiger partial charge in [0.25, 0.3) is 0 Å². The van der Waals surface area contributed by atoms with Crippen molar-refractivity contribution >= 4 is 12.9 Å². The monoisotopic (exact) mass is 524 g/mol. The Labute approximate surface area is 232 Å². The Hall–Kier alpha value is -2.11. The molecule has 1 N–H and O–H groups in total. The van der Waals surface area contributed by atoms with Gasteiger partial charge in [-0.25, -0.2) is 0 Å². The normalized spacial score (nSPS) is 24.3. The molecule has 1 heterocycles. The summed E-state index contributed by atoms with van der Waals surface area (Å²) < 4.78 is 0. The molecular formula is C36H47NP+. The summed E-state index contributed by atoms with van der Waals surface area (Å²) in [6.45, 7) is 3.85. The lowest BCUT2D eigenvalue weighted by atomic mass is 9.66. The summed E-state index contributed by atoms with van der Waals surface area (Å²) in [7, 11) is -1.38. The van der Waals surface area contributed by atoms with Crippen LogP contribution in [0.1, 0.15) is 94.2 Å². The minimum atomic E-state index is -1.38. The van der Waals surface area contributed by atoms with Crippen molar-refractivity contribution in [3.05, 3.63) is 102 Å². The van der Waals surface area contributed by atoms with Crippen molar-refractivity contribution in [1.29, 1.82) is 0 Å². The minimum absolute atomic E-state index is 0.154. The zero-order chi connectivity index (χ0) is 25.8. The van der Waals surface area contributed by atoms with Crippen LogP contribution in [0.15, 0.2) is 84.9 Å². The Bertz CT molecular complexity index is 1100. The number of anilines is 1. The van der Waals surface area contributed by atoms with Crippen LogP contribution in [0.4, 0.5) is 5.69 Å². The van der Waals surface area contributed by atoms with Gasteiger partial charge in [-0.15, -0.1) is 0 Å². The van der Waals surface area contributed by atoms with Crippen LogP contribution in [0.25, 0.3) is 0 Å². The largest absolute Gasteiger partial charge is 0.385 e. The molecule has 0 amide bonds. The highest BCUT2D eigenvalue weighted by molar-refractivity contribution is 7.78. The number of benzene rings is 3. The number of fused-ring (bicyclic) bond motifs is 1. The summed E-state index contributed by atoms with van der Waals surface area (Å²) in [6.07, 6.45) is 17.4. The van der Waals surface area contributed by atoms with E-state index in [2.05, 4.69) is 97.2 Å². The summed E-state index contributed by atoms with van der Waals surface area (Å²) in [5, 5.41) is 3.98. The Morgan fingerprint density at radius 2 is 1.11 bits per heavy atom.